The molecule has 0 atom stereocenters. The van der Waals surface area contributed by atoms with Crippen LogP contribution in [0.3, 0.4) is 0 Å². The van der Waals surface area contributed by atoms with Crippen molar-refractivity contribution in [3.8, 4) is 0 Å². The van der Waals surface area contributed by atoms with E-state index in [1.807, 2.05) is 36.4 Å². The Kier molecular flexibility index (Phi) is 6.04. The van der Waals surface area contributed by atoms with Crippen LogP contribution in [0.15, 0.2) is 30.3 Å². The first-order chi connectivity index (χ1) is 8.22. The average Bonchev–Trinajstić information content (AvgIpc) is 2.31. The quantitative estimate of drug-likeness (QED) is 0.762. The van der Waals surface area contributed by atoms with Gasteiger partial charge >= 0.3 is 5.97 Å². The minimum Gasteiger partial charge on any atom is -0.481 e. The highest BCUT2D eigenvalue weighted by molar-refractivity contribution is 5.66. The second kappa shape index (κ2) is 7.63. The molecular weight excluding hydrogens is 216 g/mol. The van der Waals surface area contributed by atoms with Gasteiger partial charge in [-0.15, -0.1) is 0 Å². The Morgan fingerprint density at radius 1 is 1.24 bits per heavy atom. The third-order valence-electron chi connectivity index (χ3n) is 2.44. The molecule has 2 N–H and O–H groups in total. The van der Waals surface area contributed by atoms with Crippen molar-refractivity contribution in [2.45, 2.75) is 25.7 Å². The van der Waals surface area contributed by atoms with E-state index in [-0.39, 0.29) is 13.0 Å². The van der Waals surface area contributed by atoms with E-state index in [1.54, 1.807) is 0 Å². The Morgan fingerprint density at radius 3 is 2.53 bits per heavy atom. The number of carboxylic acids is 1. The maximum absolute atomic E-state index is 10.4. The highest BCUT2D eigenvalue weighted by atomic mass is 16.4. The first kappa shape index (κ1) is 13.5. The molecule has 1 aromatic rings. The van der Waals surface area contributed by atoms with Crippen molar-refractivity contribution >= 4 is 12.0 Å². The molecule has 0 unspecified atom stereocenters. The number of rotatable bonds is 7. The number of benzene rings is 1. The van der Waals surface area contributed by atoms with Gasteiger partial charge in [-0.2, -0.15) is 0 Å². The molecule has 0 amide bonds. The van der Waals surface area contributed by atoms with Crippen LogP contribution in [0.4, 0.5) is 0 Å². The minimum atomic E-state index is -0.742. The fraction of sp³-hybridized carbons (Fsp3) is 0.357. The molecule has 0 heterocycles. The van der Waals surface area contributed by atoms with Crippen LogP contribution in [0.2, 0.25) is 0 Å². The van der Waals surface area contributed by atoms with Crippen molar-refractivity contribution in [3.05, 3.63) is 41.5 Å². The molecule has 3 nitrogen and oxygen atoms in total. The monoisotopic (exact) mass is 234 g/mol. The van der Waals surface area contributed by atoms with Crippen molar-refractivity contribution < 1.29 is 15.0 Å². The number of hydrogen-bond acceptors (Lipinski definition) is 2. The molecule has 0 aromatic heterocycles. The molecule has 92 valence electrons. The second-order valence-corrected chi connectivity index (χ2v) is 3.90. The fourth-order valence-electron chi connectivity index (χ4n) is 1.53. The van der Waals surface area contributed by atoms with Gasteiger partial charge < -0.3 is 10.2 Å². The first-order valence-electron chi connectivity index (χ1n) is 5.80. The van der Waals surface area contributed by atoms with Gasteiger partial charge in [-0.1, -0.05) is 36.4 Å². The average molecular weight is 234 g/mol. The zero-order chi connectivity index (χ0) is 12.5. The topological polar surface area (TPSA) is 57.5 Å². The van der Waals surface area contributed by atoms with Crippen molar-refractivity contribution in [1.82, 2.24) is 0 Å². The number of aliphatic hydroxyl groups excluding tert-OH is 1. The lowest BCUT2D eigenvalue weighted by Gasteiger charge is -2.00. The van der Waals surface area contributed by atoms with Crippen molar-refractivity contribution in [1.29, 1.82) is 0 Å². The van der Waals surface area contributed by atoms with Crippen LogP contribution < -0.4 is 0 Å². The van der Waals surface area contributed by atoms with E-state index in [0.29, 0.717) is 12.8 Å². The zero-order valence-corrected chi connectivity index (χ0v) is 9.80. The molecule has 0 aliphatic heterocycles. The van der Waals surface area contributed by atoms with E-state index >= 15 is 0 Å². The van der Waals surface area contributed by atoms with E-state index in [9.17, 15) is 4.79 Å². The molecule has 0 saturated heterocycles. The summed E-state index contributed by atoms with van der Waals surface area (Å²) in [4.78, 5) is 10.4. The van der Waals surface area contributed by atoms with Gasteiger partial charge in [0.15, 0.2) is 0 Å². The van der Waals surface area contributed by atoms with E-state index in [4.69, 9.17) is 10.2 Å². The normalized spacial score (nSPS) is 10.9. The van der Waals surface area contributed by atoms with Crippen molar-refractivity contribution in [2.24, 2.45) is 0 Å². The van der Waals surface area contributed by atoms with Crippen LogP contribution in [0, 0.1) is 0 Å². The largest absolute Gasteiger partial charge is 0.481 e. The fourth-order valence-corrected chi connectivity index (χ4v) is 1.53. The summed E-state index contributed by atoms with van der Waals surface area (Å²) in [5.41, 5.74) is 2.26. The summed E-state index contributed by atoms with van der Waals surface area (Å²) < 4.78 is 0. The van der Waals surface area contributed by atoms with Gasteiger partial charge in [0.2, 0.25) is 0 Å². The second-order valence-electron chi connectivity index (χ2n) is 3.90. The highest BCUT2D eigenvalue weighted by Gasteiger charge is 1.98. The van der Waals surface area contributed by atoms with Crippen LogP contribution in [-0.2, 0) is 11.2 Å². The van der Waals surface area contributed by atoms with Crippen LogP contribution in [0.1, 0.15) is 30.4 Å². The number of carbonyl (C=O) groups is 1. The van der Waals surface area contributed by atoms with Gasteiger partial charge in [0, 0.05) is 13.0 Å². The Bertz CT molecular complexity index is 366. The zero-order valence-electron chi connectivity index (χ0n) is 9.80. The summed E-state index contributed by atoms with van der Waals surface area (Å²) in [6, 6.07) is 8.04. The van der Waals surface area contributed by atoms with Crippen LogP contribution in [0.25, 0.3) is 6.08 Å². The van der Waals surface area contributed by atoms with Crippen LogP contribution in [-0.4, -0.2) is 22.8 Å². The van der Waals surface area contributed by atoms with Gasteiger partial charge in [0.1, 0.15) is 0 Å². The van der Waals surface area contributed by atoms with Crippen molar-refractivity contribution in [2.75, 3.05) is 6.61 Å². The molecule has 0 fully saturated rings. The maximum Gasteiger partial charge on any atom is 0.303 e. The highest BCUT2D eigenvalue weighted by Crippen LogP contribution is 2.09. The maximum atomic E-state index is 10.4. The minimum absolute atomic E-state index is 0.170. The first-order valence-corrected chi connectivity index (χ1v) is 5.80. The van der Waals surface area contributed by atoms with Gasteiger partial charge in [-0.05, 0) is 30.4 Å². The SMILES string of the molecule is O=C(O)CCCc1ccc(C=CCCO)cc1. The predicted molar refractivity (Wildman–Crippen MR) is 67.8 cm³/mol. The third kappa shape index (κ3) is 5.88. The molecule has 0 bridgehead atoms. The third-order valence-corrected chi connectivity index (χ3v) is 2.44. The molecular formula is C14H18O3. The molecule has 0 aliphatic carbocycles. The number of carboxylic acid groups (broad SMARTS) is 1. The van der Waals surface area contributed by atoms with Crippen LogP contribution >= 0.6 is 0 Å². The summed E-state index contributed by atoms with van der Waals surface area (Å²) in [5.74, 6) is -0.742. The van der Waals surface area contributed by atoms with Gasteiger partial charge in [-0.3, -0.25) is 4.79 Å². The number of hydrogen-bond donors (Lipinski definition) is 2. The van der Waals surface area contributed by atoms with Crippen LogP contribution in [0.5, 0.6) is 0 Å². The van der Waals surface area contributed by atoms with Crippen molar-refractivity contribution in [3.63, 3.8) is 0 Å². The summed E-state index contributed by atoms with van der Waals surface area (Å²) in [6.45, 7) is 0.170. The lowest BCUT2D eigenvalue weighted by molar-refractivity contribution is -0.137. The standard InChI is InChI=1S/C14H18O3/c15-11-2-1-4-12-7-9-13(10-8-12)5-3-6-14(16)17/h1,4,7-10,15H,2-3,5-6,11H2,(H,16,17). The summed E-state index contributed by atoms with van der Waals surface area (Å²) >= 11 is 0. The Balaban J connectivity index is 2.41. The summed E-state index contributed by atoms with van der Waals surface area (Å²) in [5, 5.41) is 17.2. The number of aryl methyl sites for hydroxylation is 1. The van der Waals surface area contributed by atoms with E-state index in [1.165, 1.54) is 0 Å². The smallest absolute Gasteiger partial charge is 0.303 e. The summed E-state index contributed by atoms with van der Waals surface area (Å²) in [6.07, 6.45) is 6.26. The summed E-state index contributed by atoms with van der Waals surface area (Å²) in [7, 11) is 0. The molecule has 3 heteroatoms. The molecule has 17 heavy (non-hydrogen) atoms. The molecule has 1 rings (SSSR count). The molecule has 1 aromatic carbocycles. The van der Waals surface area contributed by atoms with E-state index < -0.39 is 5.97 Å². The molecule has 0 saturated carbocycles. The molecule has 0 aliphatic rings. The van der Waals surface area contributed by atoms with Gasteiger partial charge in [-0.25, -0.2) is 0 Å². The Morgan fingerprint density at radius 2 is 1.94 bits per heavy atom. The van der Waals surface area contributed by atoms with E-state index in [0.717, 1.165) is 17.5 Å². The van der Waals surface area contributed by atoms with Gasteiger partial charge in [0.25, 0.3) is 0 Å². The Labute approximate surface area is 101 Å². The number of aliphatic carboxylic acids is 1. The number of aliphatic hydroxyl groups is 1. The molecule has 0 radical (unpaired) electrons. The van der Waals surface area contributed by atoms with E-state index in [2.05, 4.69) is 0 Å². The predicted octanol–water partition coefficient (Wildman–Crippen LogP) is 2.49. The van der Waals surface area contributed by atoms with Gasteiger partial charge in [0.05, 0.1) is 0 Å². The lowest BCUT2D eigenvalue weighted by atomic mass is 10.1. The molecule has 0 spiro atoms. The Hall–Kier alpha value is -1.61. The lowest BCUT2D eigenvalue weighted by Crippen LogP contribution is -1.95.